The number of hydrogen-bond acceptors (Lipinski definition) is 3. The minimum absolute atomic E-state index is 0.00435. The highest BCUT2D eigenvalue weighted by Crippen LogP contribution is 2.64. The van der Waals surface area contributed by atoms with Crippen molar-refractivity contribution in [1.82, 2.24) is 9.78 Å². The van der Waals surface area contributed by atoms with E-state index in [4.69, 9.17) is 23.2 Å². The zero-order valence-electron chi connectivity index (χ0n) is 12.6. The molecule has 7 heteroatoms. The number of aliphatic carboxylic acids is 1. The van der Waals surface area contributed by atoms with Gasteiger partial charge in [0, 0.05) is 0 Å². The lowest BCUT2D eigenvalue weighted by Gasteiger charge is -2.61. The van der Waals surface area contributed by atoms with Gasteiger partial charge in [-0.3, -0.25) is 9.59 Å². The van der Waals surface area contributed by atoms with E-state index in [1.54, 1.807) is 0 Å². The molecule has 0 unspecified atom stereocenters. The van der Waals surface area contributed by atoms with E-state index in [1.807, 2.05) is 0 Å². The average Bonchev–Trinajstić information content (AvgIpc) is 2.41. The van der Waals surface area contributed by atoms with E-state index < -0.39 is 11.5 Å². The van der Waals surface area contributed by atoms with Crippen LogP contribution in [0.2, 0.25) is 10.0 Å². The summed E-state index contributed by atoms with van der Waals surface area (Å²) in [6.45, 7) is 0. The van der Waals surface area contributed by atoms with Crippen LogP contribution in [0.1, 0.15) is 44.9 Å². The summed E-state index contributed by atoms with van der Waals surface area (Å²) in [4.78, 5) is 24.0. The van der Waals surface area contributed by atoms with Gasteiger partial charge in [-0.05, 0) is 55.8 Å². The van der Waals surface area contributed by atoms with Gasteiger partial charge in [0.05, 0.1) is 23.2 Å². The minimum atomic E-state index is -0.753. The highest BCUT2D eigenvalue weighted by molar-refractivity contribution is 6.41. The molecular formula is C16H18Cl2N2O3. The van der Waals surface area contributed by atoms with Crippen LogP contribution in [0.3, 0.4) is 0 Å². The minimum Gasteiger partial charge on any atom is -0.481 e. The molecule has 0 amide bonds. The van der Waals surface area contributed by atoms with Gasteiger partial charge in [0.25, 0.3) is 5.56 Å². The lowest BCUT2D eigenvalue weighted by Crippen LogP contribution is -2.59. The fourth-order valence-corrected chi connectivity index (χ4v) is 6.18. The lowest BCUT2D eigenvalue weighted by atomic mass is 9.46. The van der Waals surface area contributed by atoms with Crippen LogP contribution in [0, 0.1) is 17.3 Å². The molecule has 5 rings (SSSR count). The van der Waals surface area contributed by atoms with Crippen LogP contribution < -0.4 is 5.56 Å². The molecule has 23 heavy (non-hydrogen) atoms. The van der Waals surface area contributed by atoms with Gasteiger partial charge >= 0.3 is 5.97 Å². The topological polar surface area (TPSA) is 72.2 Å². The molecule has 4 fully saturated rings. The predicted octanol–water partition coefficient (Wildman–Crippen LogP) is 3.32. The Morgan fingerprint density at radius 1 is 1.30 bits per heavy atom. The van der Waals surface area contributed by atoms with E-state index in [0.29, 0.717) is 18.3 Å². The smallest absolute Gasteiger partial charge is 0.303 e. The zero-order chi connectivity index (χ0) is 16.4. The van der Waals surface area contributed by atoms with Crippen molar-refractivity contribution in [3.05, 3.63) is 26.6 Å². The lowest BCUT2D eigenvalue weighted by molar-refractivity contribution is -0.151. The SMILES string of the molecule is O=C(O)CC12C[C@H]3C[C@H](C1)CC(n1ncc(Cl)c(Cl)c1=O)(C3)C2. The van der Waals surface area contributed by atoms with Gasteiger partial charge in [-0.15, -0.1) is 0 Å². The van der Waals surface area contributed by atoms with E-state index in [2.05, 4.69) is 5.10 Å². The monoisotopic (exact) mass is 356 g/mol. The fraction of sp³-hybridized carbons (Fsp3) is 0.688. The third kappa shape index (κ3) is 2.31. The number of carboxylic acid groups (broad SMARTS) is 1. The molecule has 4 aliphatic rings. The second-order valence-corrected chi connectivity index (χ2v) is 8.56. The maximum absolute atomic E-state index is 12.6. The number of carboxylic acids is 1. The van der Waals surface area contributed by atoms with Gasteiger partial charge in [0.15, 0.2) is 0 Å². The van der Waals surface area contributed by atoms with E-state index in [9.17, 15) is 14.7 Å². The number of halogens is 2. The van der Waals surface area contributed by atoms with Crippen molar-refractivity contribution in [3.63, 3.8) is 0 Å². The fourth-order valence-electron chi connectivity index (χ4n) is 5.93. The number of rotatable bonds is 3. The Morgan fingerprint density at radius 2 is 1.96 bits per heavy atom. The average molecular weight is 357 g/mol. The molecule has 1 N–H and O–H groups in total. The maximum Gasteiger partial charge on any atom is 0.303 e. The molecule has 124 valence electrons. The third-order valence-corrected chi connectivity index (χ3v) is 6.75. The maximum atomic E-state index is 12.6. The van der Waals surface area contributed by atoms with Gasteiger partial charge in [-0.1, -0.05) is 23.2 Å². The number of hydrogen-bond donors (Lipinski definition) is 1. The van der Waals surface area contributed by atoms with Crippen LogP contribution in [-0.2, 0) is 10.3 Å². The Hall–Kier alpha value is -1.07. The first-order valence-corrected chi connectivity index (χ1v) is 8.74. The summed E-state index contributed by atoms with van der Waals surface area (Å²) in [7, 11) is 0. The Balaban J connectivity index is 1.81. The Labute approximate surface area is 143 Å². The molecule has 0 aromatic carbocycles. The van der Waals surface area contributed by atoms with Gasteiger partial charge in [-0.2, -0.15) is 5.10 Å². The molecule has 5 nitrogen and oxygen atoms in total. The highest BCUT2D eigenvalue weighted by Gasteiger charge is 2.59. The van der Waals surface area contributed by atoms with E-state index in [-0.39, 0.29) is 27.4 Å². The molecule has 2 atom stereocenters. The summed E-state index contributed by atoms with van der Waals surface area (Å²) >= 11 is 11.9. The molecule has 0 spiro atoms. The van der Waals surface area contributed by atoms with Gasteiger partial charge < -0.3 is 5.11 Å². The van der Waals surface area contributed by atoms with Gasteiger partial charge in [0.1, 0.15) is 5.02 Å². The molecule has 0 aliphatic heterocycles. The van der Waals surface area contributed by atoms with E-state index >= 15 is 0 Å². The molecule has 1 aromatic heterocycles. The Kier molecular flexibility index (Phi) is 3.34. The van der Waals surface area contributed by atoms with Crippen molar-refractivity contribution >= 4 is 29.2 Å². The standard InChI is InChI=1S/C16H18Cl2N2O3/c17-11-7-19-20(14(23)13(11)18)16-4-9-1-10(5-16)3-15(2-9,8-16)6-12(21)22/h7,9-10H,1-6,8H2,(H,21,22)/t9-,10-,15?,16?/m1/s1. The number of carbonyl (C=O) groups is 1. The first-order valence-electron chi connectivity index (χ1n) is 7.98. The molecule has 0 saturated heterocycles. The first kappa shape index (κ1) is 15.5. The van der Waals surface area contributed by atoms with Crippen LogP contribution in [0.15, 0.2) is 11.0 Å². The summed E-state index contributed by atoms with van der Waals surface area (Å²) in [5.41, 5.74) is -0.958. The molecule has 1 heterocycles. The van der Waals surface area contributed by atoms with Crippen LogP contribution in [-0.4, -0.2) is 20.9 Å². The van der Waals surface area contributed by atoms with Crippen molar-refractivity contribution in [2.24, 2.45) is 17.3 Å². The quantitative estimate of drug-likeness (QED) is 0.901. The van der Waals surface area contributed by atoms with Crippen molar-refractivity contribution in [3.8, 4) is 0 Å². The molecule has 4 bridgehead atoms. The van der Waals surface area contributed by atoms with Crippen molar-refractivity contribution in [2.45, 2.75) is 50.5 Å². The molecule has 0 radical (unpaired) electrons. The van der Waals surface area contributed by atoms with Crippen molar-refractivity contribution < 1.29 is 9.90 Å². The zero-order valence-corrected chi connectivity index (χ0v) is 14.1. The van der Waals surface area contributed by atoms with Crippen LogP contribution in [0.5, 0.6) is 0 Å². The van der Waals surface area contributed by atoms with Crippen molar-refractivity contribution in [2.75, 3.05) is 0 Å². The highest BCUT2D eigenvalue weighted by atomic mass is 35.5. The Bertz CT molecular complexity index is 731. The summed E-state index contributed by atoms with van der Waals surface area (Å²) in [6.07, 6.45) is 7.11. The van der Waals surface area contributed by atoms with E-state index in [0.717, 1.165) is 32.1 Å². The molecule has 1 aromatic rings. The van der Waals surface area contributed by atoms with Crippen molar-refractivity contribution in [1.29, 1.82) is 0 Å². The Morgan fingerprint density at radius 3 is 2.57 bits per heavy atom. The molecule has 4 aliphatic carbocycles. The van der Waals surface area contributed by atoms with Crippen LogP contribution in [0.25, 0.3) is 0 Å². The van der Waals surface area contributed by atoms with Crippen LogP contribution in [0.4, 0.5) is 0 Å². The second-order valence-electron chi connectivity index (χ2n) is 7.78. The number of nitrogens with zero attached hydrogens (tertiary/aromatic N) is 2. The second kappa shape index (κ2) is 4.96. The summed E-state index contributed by atoms with van der Waals surface area (Å²) in [6, 6.07) is 0. The summed E-state index contributed by atoms with van der Waals surface area (Å²) in [5.74, 6) is 0.189. The summed E-state index contributed by atoms with van der Waals surface area (Å²) < 4.78 is 1.51. The summed E-state index contributed by atoms with van der Waals surface area (Å²) in [5, 5.41) is 13.8. The normalized spacial score (nSPS) is 38.0. The largest absolute Gasteiger partial charge is 0.481 e. The van der Waals surface area contributed by atoms with Gasteiger partial charge in [-0.25, -0.2) is 4.68 Å². The third-order valence-electron chi connectivity index (χ3n) is 6.00. The number of aromatic nitrogens is 2. The van der Waals surface area contributed by atoms with E-state index in [1.165, 1.54) is 10.9 Å². The first-order chi connectivity index (χ1) is 10.8. The van der Waals surface area contributed by atoms with Crippen LogP contribution >= 0.6 is 23.2 Å². The predicted molar refractivity (Wildman–Crippen MR) is 85.9 cm³/mol. The molecule has 4 saturated carbocycles. The molecular weight excluding hydrogens is 339 g/mol. The van der Waals surface area contributed by atoms with Gasteiger partial charge in [0.2, 0.25) is 0 Å².